The highest BCUT2D eigenvalue weighted by molar-refractivity contribution is 6.06. The van der Waals surface area contributed by atoms with Crippen LogP contribution in [0.1, 0.15) is 44.6 Å². The van der Waals surface area contributed by atoms with Crippen molar-refractivity contribution in [1.82, 2.24) is 25.3 Å². The summed E-state index contributed by atoms with van der Waals surface area (Å²) in [4.78, 5) is 36.8. The highest BCUT2D eigenvalue weighted by Crippen LogP contribution is 2.32. The lowest BCUT2D eigenvalue weighted by Crippen LogP contribution is -2.42. The second-order valence-corrected chi connectivity index (χ2v) is 10.1. The van der Waals surface area contributed by atoms with Gasteiger partial charge in [0.05, 0.1) is 16.8 Å². The number of hydrogen-bond donors (Lipinski definition) is 5. The third kappa shape index (κ3) is 6.53. The average molecular weight is 605 g/mol. The van der Waals surface area contributed by atoms with E-state index in [4.69, 9.17) is 5.73 Å². The predicted octanol–water partition coefficient (Wildman–Crippen LogP) is 4.54. The molecule has 44 heavy (non-hydrogen) atoms. The van der Waals surface area contributed by atoms with Gasteiger partial charge in [-0.05, 0) is 74.0 Å². The van der Waals surface area contributed by atoms with Crippen LogP contribution in [0.25, 0.3) is 16.6 Å². The van der Waals surface area contributed by atoms with Crippen molar-refractivity contribution in [3.05, 3.63) is 101 Å². The van der Waals surface area contributed by atoms with Crippen LogP contribution < -0.4 is 21.7 Å². The standard InChI is InChI=1S/C30H27F3N8O3/c1-16-8-9-36-41(16)23-12-19(11-20(13-23)30(31,32)33)28(43)38-22-5-3-4-18(10-22)15-35-21-6-7-24-25(14-21)39-40-26(24)29(44)37-17(2)27(34)42/h3-14,17,35H,15H2,1-2H3,(H2,34,42)(H,37,44)(H,38,43)(H,39,40)/t17-/m0/s1. The van der Waals surface area contributed by atoms with E-state index in [1.165, 1.54) is 23.9 Å². The van der Waals surface area contributed by atoms with Crippen LogP contribution in [-0.2, 0) is 17.5 Å². The van der Waals surface area contributed by atoms with Crippen molar-refractivity contribution in [3.8, 4) is 5.69 Å². The Morgan fingerprint density at radius 1 is 1.00 bits per heavy atom. The predicted molar refractivity (Wildman–Crippen MR) is 157 cm³/mol. The van der Waals surface area contributed by atoms with Crippen molar-refractivity contribution >= 4 is 40.0 Å². The van der Waals surface area contributed by atoms with Crippen LogP contribution in [-0.4, -0.2) is 43.7 Å². The van der Waals surface area contributed by atoms with Crippen molar-refractivity contribution in [2.24, 2.45) is 5.73 Å². The van der Waals surface area contributed by atoms with Gasteiger partial charge in [0.15, 0.2) is 5.69 Å². The van der Waals surface area contributed by atoms with Crippen molar-refractivity contribution in [1.29, 1.82) is 0 Å². The molecule has 3 amide bonds. The number of anilines is 2. The normalized spacial score (nSPS) is 12.1. The number of primary amides is 1. The summed E-state index contributed by atoms with van der Waals surface area (Å²) in [5, 5.41) is 19.9. The lowest BCUT2D eigenvalue weighted by molar-refractivity contribution is -0.137. The molecule has 0 aliphatic carbocycles. The lowest BCUT2D eigenvalue weighted by Gasteiger charge is -2.14. The summed E-state index contributed by atoms with van der Waals surface area (Å²) in [5.74, 6) is -1.92. The van der Waals surface area contributed by atoms with Gasteiger partial charge in [0.1, 0.15) is 6.04 Å². The highest BCUT2D eigenvalue weighted by Gasteiger charge is 2.32. The number of amides is 3. The molecule has 11 nitrogen and oxygen atoms in total. The Hall–Kier alpha value is -5.66. The first-order chi connectivity index (χ1) is 20.9. The fourth-order valence-corrected chi connectivity index (χ4v) is 4.47. The molecular weight excluding hydrogens is 577 g/mol. The number of nitrogens with zero attached hydrogens (tertiary/aromatic N) is 3. The Labute approximate surface area is 248 Å². The van der Waals surface area contributed by atoms with Crippen LogP contribution in [0.15, 0.2) is 72.9 Å². The van der Waals surface area contributed by atoms with E-state index >= 15 is 0 Å². The second kappa shape index (κ2) is 11.9. The lowest BCUT2D eigenvalue weighted by atomic mass is 10.1. The molecule has 0 bridgehead atoms. The van der Waals surface area contributed by atoms with E-state index < -0.39 is 35.5 Å². The van der Waals surface area contributed by atoms with Gasteiger partial charge in [0.25, 0.3) is 11.8 Å². The van der Waals surface area contributed by atoms with Crippen molar-refractivity contribution < 1.29 is 27.6 Å². The third-order valence-corrected chi connectivity index (χ3v) is 6.82. The van der Waals surface area contributed by atoms with Crippen LogP contribution in [0.5, 0.6) is 0 Å². The molecular formula is C30H27F3N8O3. The van der Waals surface area contributed by atoms with Gasteiger partial charge in [-0.1, -0.05) is 12.1 Å². The van der Waals surface area contributed by atoms with Crippen LogP contribution >= 0.6 is 0 Å². The Balaban J connectivity index is 1.28. The van der Waals surface area contributed by atoms with E-state index in [0.29, 0.717) is 34.5 Å². The minimum Gasteiger partial charge on any atom is -0.381 e. The number of halogens is 3. The quantitative estimate of drug-likeness (QED) is 0.166. The van der Waals surface area contributed by atoms with Crippen molar-refractivity contribution in [3.63, 3.8) is 0 Å². The molecule has 226 valence electrons. The fourth-order valence-electron chi connectivity index (χ4n) is 4.47. The molecule has 0 unspecified atom stereocenters. The largest absolute Gasteiger partial charge is 0.416 e. The van der Waals surface area contributed by atoms with Crippen LogP contribution in [0, 0.1) is 6.92 Å². The van der Waals surface area contributed by atoms with E-state index in [0.717, 1.165) is 17.7 Å². The minimum absolute atomic E-state index is 0.118. The number of H-pyrrole nitrogens is 1. The summed E-state index contributed by atoms with van der Waals surface area (Å²) < 4.78 is 42.3. The molecule has 0 saturated heterocycles. The smallest absolute Gasteiger partial charge is 0.381 e. The maximum Gasteiger partial charge on any atom is 0.416 e. The summed E-state index contributed by atoms with van der Waals surface area (Å²) in [6.45, 7) is 3.52. The van der Waals surface area contributed by atoms with E-state index in [2.05, 4.69) is 31.2 Å². The van der Waals surface area contributed by atoms with Gasteiger partial charge in [0, 0.05) is 40.8 Å². The number of carbonyl (C=O) groups excluding carboxylic acids is 3. The Morgan fingerprint density at radius 2 is 1.80 bits per heavy atom. The van der Waals surface area contributed by atoms with E-state index in [9.17, 15) is 27.6 Å². The Bertz CT molecular complexity index is 1880. The van der Waals surface area contributed by atoms with Gasteiger partial charge in [-0.25, -0.2) is 4.68 Å². The number of fused-ring (bicyclic) bond motifs is 1. The van der Waals surface area contributed by atoms with Gasteiger partial charge in [-0.2, -0.15) is 23.4 Å². The zero-order valence-corrected chi connectivity index (χ0v) is 23.5. The van der Waals surface area contributed by atoms with Crippen LogP contribution in [0.2, 0.25) is 0 Å². The number of hydrogen-bond acceptors (Lipinski definition) is 6. The molecule has 1 atom stereocenters. The fraction of sp³-hybridized carbons (Fsp3) is 0.167. The first-order valence-corrected chi connectivity index (χ1v) is 13.3. The number of nitrogens with one attached hydrogen (secondary N) is 4. The number of rotatable bonds is 9. The van der Waals surface area contributed by atoms with Crippen molar-refractivity contribution in [2.45, 2.75) is 32.6 Å². The van der Waals surface area contributed by atoms with Crippen LogP contribution in [0.4, 0.5) is 24.5 Å². The molecule has 0 fully saturated rings. The topological polar surface area (TPSA) is 160 Å². The summed E-state index contributed by atoms with van der Waals surface area (Å²) in [6, 6.07) is 16.0. The third-order valence-electron chi connectivity index (χ3n) is 6.82. The molecule has 5 rings (SSSR count). The molecule has 5 aromatic rings. The molecule has 6 N–H and O–H groups in total. The molecule has 0 aliphatic rings. The number of aromatic nitrogens is 4. The molecule has 0 saturated carbocycles. The minimum atomic E-state index is -4.66. The summed E-state index contributed by atoms with van der Waals surface area (Å²) >= 11 is 0. The van der Waals surface area contributed by atoms with Gasteiger partial charge in [-0.3, -0.25) is 19.5 Å². The summed E-state index contributed by atoms with van der Waals surface area (Å²) in [6.07, 6.45) is -3.19. The maximum atomic E-state index is 13.6. The summed E-state index contributed by atoms with van der Waals surface area (Å²) in [7, 11) is 0. The molecule has 14 heteroatoms. The van der Waals surface area contributed by atoms with Crippen molar-refractivity contribution in [2.75, 3.05) is 10.6 Å². The van der Waals surface area contributed by atoms with Gasteiger partial charge in [0.2, 0.25) is 5.91 Å². The molecule has 3 aromatic carbocycles. The number of carbonyl (C=O) groups is 3. The zero-order chi connectivity index (χ0) is 31.6. The number of aromatic amines is 1. The van der Waals surface area contributed by atoms with E-state index in [1.54, 1.807) is 49.4 Å². The van der Waals surface area contributed by atoms with Gasteiger partial charge >= 0.3 is 6.18 Å². The van der Waals surface area contributed by atoms with Gasteiger partial charge in [-0.15, -0.1) is 0 Å². The number of benzene rings is 3. The summed E-state index contributed by atoms with van der Waals surface area (Å²) in [5.41, 5.74) is 7.40. The zero-order valence-electron chi connectivity index (χ0n) is 23.5. The van der Waals surface area contributed by atoms with Gasteiger partial charge < -0.3 is 21.7 Å². The molecule has 0 spiro atoms. The first-order valence-electron chi connectivity index (χ1n) is 13.3. The highest BCUT2D eigenvalue weighted by atomic mass is 19.4. The SMILES string of the molecule is Cc1ccnn1-c1cc(C(=O)Nc2cccc(CNc3ccc4c(C(=O)N[C@@H](C)C(N)=O)n[nH]c4c3)c2)cc(C(F)(F)F)c1. The molecule has 2 heterocycles. The first kappa shape index (κ1) is 29.8. The van der Waals surface area contributed by atoms with E-state index in [1.807, 2.05) is 6.07 Å². The number of alkyl halides is 3. The van der Waals surface area contributed by atoms with E-state index in [-0.39, 0.29) is 16.9 Å². The number of nitrogens with two attached hydrogens (primary N) is 1. The maximum absolute atomic E-state index is 13.6. The monoisotopic (exact) mass is 604 g/mol. The average Bonchev–Trinajstić information content (AvgIpc) is 3.61. The molecule has 0 radical (unpaired) electrons. The Morgan fingerprint density at radius 3 is 2.50 bits per heavy atom. The Kier molecular flexibility index (Phi) is 8.07. The molecule has 0 aliphatic heterocycles. The second-order valence-electron chi connectivity index (χ2n) is 10.1. The number of aryl methyl sites for hydroxylation is 1. The van der Waals surface area contributed by atoms with Crippen LogP contribution in [0.3, 0.4) is 0 Å². The molecule has 2 aromatic heterocycles.